The van der Waals surface area contributed by atoms with Gasteiger partial charge in [-0.2, -0.15) is 0 Å². The lowest BCUT2D eigenvalue weighted by molar-refractivity contribution is -0.384. The van der Waals surface area contributed by atoms with Crippen LogP contribution in [-0.4, -0.2) is 24.0 Å². The number of hydrogen-bond donors (Lipinski definition) is 1. The maximum absolute atomic E-state index is 12.1. The molecule has 1 amide bonds. The van der Waals surface area contributed by atoms with E-state index < -0.39 is 16.9 Å². The molecule has 1 atom stereocenters. The molecule has 1 N–H and O–H groups in total. The van der Waals surface area contributed by atoms with Gasteiger partial charge in [-0.05, 0) is 25.1 Å². The summed E-state index contributed by atoms with van der Waals surface area (Å²) in [5.41, 5.74) is 0.245. The molecule has 0 radical (unpaired) electrons. The predicted octanol–water partition coefficient (Wildman–Crippen LogP) is 3.01. The van der Waals surface area contributed by atoms with E-state index in [4.69, 9.17) is 9.47 Å². The van der Waals surface area contributed by atoms with E-state index in [1.54, 1.807) is 37.3 Å². The second kappa shape index (κ2) is 7.26. The Morgan fingerprint density at radius 3 is 2.57 bits per heavy atom. The van der Waals surface area contributed by atoms with Crippen LogP contribution in [-0.2, 0) is 4.79 Å². The molecule has 0 spiro atoms. The lowest BCUT2D eigenvalue weighted by Gasteiger charge is -2.15. The average molecular weight is 316 g/mol. The zero-order chi connectivity index (χ0) is 16.8. The molecule has 2 aromatic rings. The minimum Gasteiger partial charge on any atom is -0.497 e. The summed E-state index contributed by atoms with van der Waals surface area (Å²) in [6, 6.07) is 12.6. The van der Waals surface area contributed by atoms with Gasteiger partial charge in [-0.15, -0.1) is 0 Å². The first-order chi connectivity index (χ1) is 11.0. The fraction of sp³-hybridized carbons (Fsp3) is 0.188. The van der Waals surface area contributed by atoms with Crippen LogP contribution in [0.4, 0.5) is 11.4 Å². The van der Waals surface area contributed by atoms with Gasteiger partial charge < -0.3 is 14.8 Å². The number of non-ortho nitro benzene ring substituents is 1. The van der Waals surface area contributed by atoms with Crippen molar-refractivity contribution in [2.45, 2.75) is 13.0 Å². The van der Waals surface area contributed by atoms with Gasteiger partial charge in [0.1, 0.15) is 11.5 Å². The van der Waals surface area contributed by atoms with E-state index in [1.165, 1.54) is 25.3 Å². The Morgan fingerprint density at radius 1 is 1.17 bits per heavy atom. The van der Waals surface area contributed by atoms with Crippen LogP contribution in [0.3, 0.4) is 0 Å². The first-order valence-corrected chi connectivity index (χ1v) is 6.85. The number of carbonyl (C=O) groups is 1. The molecule has 0 aliphatic heterocycles. The fourth-order valence-electron chi connectivity index (χ4n) is 1.87. The van der Waals surface area contributed by atoms with Crippen molar-refractivity contribution in [3.05, 3.63) is 58.6 Å². The Balaban J connectivity index is 2.02. The number of anilines is 1. The minimum atomic E-state index is -0.777. The van der Waals surface area contributed by atoms with Gasteiger partial charge in [-0.25, -0.2) is 0 Å². The molecule has 2 aromatic carbocycles. The summed E-state index contributed by atoms with van der Waals surface area (Å²) in [7, 11) is 1.54. The van der Waals surface area contributed by atoms with E-state index >= 15 is 0 Å². The summed E-state index contributed by atoms with van der Waals surface area (Å²) < 4.78 is 10.6. The fourth-order valence-corrected chi connectivity index (χ4v) is 1.87. The number of carbonyl (C=O) groups excluding carboxylic acids is 1. The second-order valence-electron chi connectivity index (χ2n) is 4.74. The van der Waals surface area contributed by atoms with Crippen molar-refractivity contribution < 1.29 is 19.2 Å². The van der Waals surface area contributed by atoms with Crippen molar-refractivity contribution in [1.82, 2.24) is 0 Å². The highest BCUT2D eigenvalue weighted by molar-refractivity contribution is 5.94. The number of amides is 1. The van der Waals surface area contributed by atoms with Crippen LogP contribution >= 0.6 is 0 Å². The molecule has 0 heterocycles. The van der Waals surface area contributed by atoms with Crippen molar-refractivity contribution in [2.24, 2.45) is 0 Å². The largest absolute Gasteiger partial charge is 0.497 e. The topological polar surface area (TPSA) is 90.7 Å². The number of rotatable bonds is 6. The average Bonchev–Trinajstić information content (AvgIpc) is 2.55. The summed E-state index contributed by atoms with van der Waals surface area (Å²) in [4.78, 5) is 22.3. The number of benzene rings is 2. The van der Waals surface area contributed by atoms with E-state index in [0.717, 1.165) is 0 Å². The number of nitro benzene ring substituents is 1. The summed E-state index contributed by atoms with van der Waals surface area (Å²) in [6.45, 7) is 1.59. The standard InChI is InChI=1S/C16H16N2O5/c1-11(23-15-8-4-7-14(10-15)22-2)16(19)17-12-5-3-6-13(9-12)18(20)21/h3-11H,1-2H3,(H,17,19)/t11-/m0/s1. The molecule has 0 unspecified atom stereocenters. The molecule has 2 rings (SSSR count). The van der Waals surface area contributed by atoms with Crippen LogP contribution in [0.25, 0.3) is 0 Å². The van der Waals surface area contributed by atoms with Crippen molar-refractivity contribution in [2.75, 3.05) is 12.4 Å². The number of hydrogen-bond acceptors (Lipinski definition) is 5. The molecule has 0 saturated carbocycles. The SMILES string of the molecule is COc1cccc(O[C@@H](C)C(=O)Nc2cccc([N+](=O)[O-])c2)c1. The Labute approximate surface area is 133 Å². The third kappa shape index (κ3) is 4.44. The van der Waals surface area contributed by atoms with E-state index in [2.05, 4.69) is 5.32 Å². The van der Waals surface area contributed by atoms with Gasteiger partial charge in [0.05, 0.1) is 12.0 Å². The summed E-state index contributed by atoms with van der Waals surface area (Å²) in [5, 5.41) is 13.3. The van der Waals surface area contributed by atoms with Crippen LogP contribution in [0.2, 0.25) is 0 Å². The van der Waals surface area contributed by atoms with Crippen LogP contribution in [0.5, 0.6) is 11.5 Å². The zero-order valence-corrected chi connectivity index (χ0v) is 12.7. The van der Waals surface area contributed by atoms with Gasteiger partial charge in [0.15, 0.2) is 6.10 Å². The Hall–Kier alpha value is -3.09. The normalized spacial score (nSPS) is 11.4. The van der Waals surface area contributed by atoms with Crippen LogP contribution < -0.4 is 14.8 Å². The quantitative estimate of drug-likeness (QED) is 0.653. The van der Waals surface area contributed by atoms with Gasteiger partial charge in [0.25, 0.3) is 11.6 Å². The highest BCUT2D eigenvalue weighted by Crippen LogP contribution is 2.21. The number of ether oxygens (including phenoxy) is 2. The number of nitro groups is 1. The van der Waals surface area contributed by atoms with Crippen molar-refractivity contribution in [1.29, 1.82) is 0 Å². The molecule has 0 fully saturated rings. The molecule has 0 aliphatic carbocycles. The van der Waals surface area contributed by atoms with Crippen LogP contribution in [0.15, 0.2) is 48.5 Å². The molecule has 0 bridgehead atoms. The molecule has 7 nitrogen and oxygen atoms in total. The van der Waals surface area contributed by atoms with Crippen LogP contribution in [0.1, 0.15) is 6.92 Å². The molecule has 0 saturated heterocycles. The smallest absolute Gasteiger partial charge is 0.271 e. The Bertz CT molecular complexity index is 717. The first-order valence-electron chi connectivity index (χ1n) is 6.85. The van der Waals surface area contributed by atoms with Gasteiger partial charge in [-0.3, -0.25) is 14.9 Å². The summed E-state index contributed by atoms with van der Waals surface area (Å²) in [6.07, 6.45) is -0.777. The van der Waals surface area contributed by atoms with Crippen molar-refractivity contribution in [3.8, 4) is 11.5 Å². The lowest BCUT2D eigenvalue weighted by atomic mass is 10.2. The van der Waals surface area contributed by atoms with E-state index in [0.29, 0.717) is 17.2 Å². The summed E-state index contributed by atoms with van der Waals surface area (Å²) in [5.74, 6) is 0.702. The monoisotopic (exact) mass is 316 g/mol. The highest BCUT2D eigenvalue weighted by Gasteiger charge is 2.16. The molecule has 7 heteroatoms. The molecule has 23 heavy (non-hydrogen) atoms. The molecule has 0 aliphatic rings. The number of methoxy groups -OCH3 is 1. The number of nitrogens with one attached hydrogen (secondary N) is 1. The second-order valence-corrected chi connectivity index (χ2v) is 4.74. The third-order valence-corrected chi connectivity index (χ3v) is 3.05. The van der Waals surface area contributed by atoms with Gasteiger partial charge in [-0.1, -0.05) is 12.1 Å². The highest BCUT2D eigenvalue weighted by atomic mass is 16.6. The molecular formula is C16H16N2O5. The minimum absolute atomic E-state index is 0.0934. The lowest BCUT2D eigenvalue weighted by Crippen LogP contribution is -2.30. The molecule has 0 aromatic heterocycles. The molecular weight excluding hydrogens is 300 g/mol. The molecule has 120 valence electrons. The van der Waals surface area contributed by atoms with Crippen molar-refractivity contribution in [3.63, 3.8) is 0 Å². The van der Waals surface area contributed by atoms with Crippen LogP contribution in [0, 0.1) is 10.1 Å². The Kier molecular flexibility index (Phi) is 5.14. The van der Waals surface area contributed by atoms with E-state index in [1.807, 2.05) is 0 Å². The predicted molar refractivity (Wildman–Crippen MR) is 84.8 cm³/mol. The zero-order valence-electron chi connectivity index (χ0n) is 12.7. The van der Waals surface area contributed by atoms with Gasteiger partial charge in [0, 0.05) is 23.9 Å². The third-order valence-electron chi connectivity index (χ3n) is 3.05. The van der Waals surface area contributed by atoms with Crippen molar-refractivity contribution >= 4 is 17.3 Å². The van der Waals surface area contributed by atoms with E-state index in [9.17, 15) is 14.9 Å². The number of nitrogens with zero attached hydrogens (tertiary/aromatic N) is 1. The first kappa shape index (κ1) is 16.3. The van der Waals surface area contributed by atoms with E-state index in [-0.39, 0.29) is 5.69 Å². The maximum atomic E-state index is 12.1. The summed E-state index contributed by atoms with van der Waals surface area (Å²) >= 11 is 0. The maximum Gasteiger partial charge on any atom is 0.271 e. The Morgan fingerprint density at radius 2 is 1.87 bits per heavy atom. The van der Waals surface area contributed by atoms with Gasteiger partial charge >= 0.3 is 0 Å². The van der Waals surface area contributed by atoms with Gasteiger partial charge in [0.2, 0.25) is 0 Å².